The second-order valence-electron chi connectivity index (χ2n) is 5.42. The molecule has 3 aromatic rings. The molecule has 0 spiro atoms. The molecule has 0 amide bonds. The van der Waals surface area contributed by atoms with Crippen LogP contribution in [0, 0.1) is 5.82 Å². The van der Waals surface area contributed by atoms with Crippen LogP contribution in [0.4, 0.5) is 4.39 Å². The summed E-state index contributed by atoms with van der Waals surface area (Å²) in [5.41, 5.74) is 2.38. The zero-order valence-electron chi connectivity index (χ0n) is 11.3. The lowest BCUT2D eigenvalue weighted by molar-refractivity contribution is 0.402. The number of halogens is 2. The maximum atomic E-state index is 13.0. The Balaban J connectivity index is 1.83. The molecule has 1 aliphatic carbocycles. The van der Waals surface area contributed by atoms with Crippen LogP contribution in [0.3, 0.4) is 0 Å². The van der Waals surface area contributed by atoms with E-state index in [1.807, 2.05) is 12.3 Å². The van der Waals surface area contributed by atoms with Gasteiger partial charge in [-0.3, -0.25) is 0 Å². The van der Waals surface area contributed by atoms with E-state index in [0.29, 0.717) is 16.6 Å². The lowest BCUT2D eigenvalue weighted by atomic mass is 9.85. The topological polar surface area (TPSA) is 30.2 Å². The lowest BCUT2D eigenvalue weighted by Gasteiger charge is -2.21. The van der Waals surface area contributed by atoms with Crippen LogP contribution in [0.1, 0.15) is 31.0 Å². The minimum Gasteiger partial charge on any atom is -0.219 e. The number of benzene rings is 1. The SMILES string of the molecule is Fc1ccc(-c2ccn3nc(C4CCC4)nc3c2Cl)cc1. The van der Waals surface area contributed by atoms with Crippen LogP contribution < -0.4 is 0 Å². The van der Waals surface area contributed by atoms with E-state index in [1.54, 1.807) is 16.6 Å². The Morgan fingerprint density at radius 2 is 1.90 bits per heavy atom. The molecule has 1 aliphatic rings. The molecule has 1 saturated carbocycles. The van der Waals surface area contributed by atoms with Crippen molar-refractivity contribution in [2.45, 2.75) is 25.2 Å². The second kappa shape index (κ2) is 4.81. The van der Waals surface area contributed by atoms with Crippen molar-refractivity contribution in [1.82, 2.24) is 14.6 Å². The van der Waals surface area contributed by atoms with Gasteiger partial charge in [-0.25, -0.2) is 13.9 Å². The Bertz CT molecular complexity index is 806. The molecule has 0 unspecified atom stereocenters. The van der Waals surface area contributed by atoms with Crippen molar-refractivity contribution < 1.29 is 4.39 Å². The van der Waals surface area contributed by atoms with Gasteiger partial charge in [-0.2, -0.15) is 5.10 Å². The van der Waals surface area contributed by atoms with Crippen LogP contribution in [0.15, 0.2) is 36.5 Å². The number of nitrogens with zero attached hydrogens (tertiary/aromatic N) is 3. The van der Waals surface area contributed by atoms with Gasteiger partial charge in [-0.15, -0.1) is 0 Å². The molecule has 106 valence electrons. The second-order valence-corrected chi connectivity index (χ2v) is 5.79. The van der Waals surface area contributed by atoms with E-state index in [2.05, 4.69) is 10.1 Å². The Labute approximate surface area is 126 Å². The highest BCUT2D eigenvalue weighted by atomic mass is 35.5. The zero-order valence-corrected chi connectivity index (χ0v) is 12.0. The van der Waals surface area contributed by atoms with Crippen molar-refractivity contribution in [2.75, 3.05) is 0 Å². The van der Waals surface area contributed by atoms with E-state index in [9.17, 15) is 4.39 Å². The fraction of sp³-hybridized carbons (Fsp3) is 0.250. The van der Waals surface area contributed by atoms with E-state index in [4.69, 9.17) is 11.6 Å². The van der Waals surface area contributed by atoms with Crippen molar-refractivity contribution in [3.63, 3.8) is 0 Å². The number of hydrogen-bond acceptors (Lipinski definition) is 2. The van der Waals surface area contributed by atoms with Gasteiger partial charge < -0.3 is 0 Å². The molecule has 3 nitrogen and oxygen atoms in total. The third kappa shape index (κ3) is 2.10. The predicted octanol–water partition coefficient (Wildman–Crippen LogP) is 4.46. The molecule has 0 aliphatic heterocycles. The Morgan fingerprint density at radius 3 is 2.57 bits per heavy atom. The van der Waals surface area contributed by atoms with Gasteiger partial charge in [0.1, 0.15) is 5.82 Å². The van der Waals surface area contributed by atoms with Crippen LogP contribution in [0.2, 0.25) is 5.02 Å². The molecule has 1 fully saturated rings. The van der Waals surface area contributed by atoms with E-state index in [-0.39, 0.29) is 5.82 Å². The lowest BCUT2D eigenvalue weighted by Crippen LogP contribution is -2.10. The van der Waals surface area contributed by atoms with Crippen LogP contribution in [0.5, 0.6) is 0 Å². The quantitative estimate of drug-likeness (QED) is 0.699. The molecule has 2 heterocycles. The summed E-state index contributed by atoms with van der Waals surface area (Å²) in [5, 5.41) is 5.06. The van der Waals surface area contributed by atoms with E-state index in [0.717, 1.165) is 29.8 Å². The average Bonchev–Trinajstić information content (AvgIpc) is 2.83. The summed E-state index contributed by atoms with van der Waals surface area (Å²) in [6.07, 6.45) is 5.41. The number of pyridine rings is 1. The number of rotatable bonds is 2. The van der Waals surface area contributed by atoms with Gasteiger partial charge >= 0.3 is 0 Å². The van der Waals surface area contributed by atoms with Crippen LogP contribution >= 0.6 is 11.6 Å². The summed E-state index contributed by atoms with van der Waals surface area (Å²) >= 11 is 6.48. The summed E-state index contributed by atoms with van der Waals surface area (Å²) in [6.45, 7) is 0. The largest absolute Gasteiger partial charge is 0.219 e. The molecular formula is C16H13ClFN3. The third-order valence-corrected chi connectivity index (χ3v) is 4.46. The molecule has 0 bridgehead atoms. The monoisotopic (exact) mass is 301 g/mol. The first-order valence-electron chi connectivity index (χ1n) is 7.03. The molecule has 0 atom stereocenters. The van der Waals surface area contributed by atoms with Gasteiger partial charge in [-0.1, -0.05) is 30.2 Å². The Hall–Kier alpha value is -1.94. The fourth-order valence-corrected chi connectivity index (χ4v) is 2.92. The van der Waals surface area contributed by atoms with Crippen molar-refractivity contribution >= 4 is 17.2 Å². The molecule has 0 radical (unpaired) electrons. The third-order valence-electron chi connectivity index (χ3n) is 4.09. The van der Waals surface area contributed by atoms with Crippen LogP contribution in [-0.4, -0.2) is 14.6 Å². The van der Waals surface area contributed by atoms with Crippen molar-refractivity contribution in [2.24, 2.45) is 0 Å². The minimum absolute atomic E-state index is 0.259. The first-order valence-corrected chi connectivity index (χ1v) is 7.41. The molecule has 4 rings (SSSR count). The Morgan fingerprint density at radius 1 is 1.14 bits per heavy atom. The van der Waals surface area contributed by atoms with Gasteiger partial charge in [0, 0.05) is 17.7 Å². The number of fused-ring (bicyclic) bond motifs is 1. The highest BCUT2D eigenvalue weighted by molar-refractivity contribution is 6.36. The van der Waals surface area contributed by atoms with Gasteiger partial charge in [0.15, 0.2) is 11.5 Å². The molecule has 0 saturated heterocycles. The minimum atomic E-state index is -0.259. The molecule has 0 N–H and O–H groups in total. The van der Waals surface area contributed by atoms with Crippen molar-refractivity contribution in [1.29, 1.82) is 0 Å². The molecule has 5 heteroatoms. The number of aromatic nitrogens is 3. The maximum absolute atomic E-state index is 13.0. The Kier molecular flexibility index (Phi) is 2.93. The van der Waals surface area contributed by atoms with Crippen LogP contribution in [0.25, 0.3) is 16.8 Å². The van der Waals surface area contributed by atoms with Gasteiger partial charge in [0.2, 0.25) is 0 Å². The zero-order chi connectivity index (χ0) is 14.4. The molecule has 1 aromatic carbocycles. The average molecular weight is 302 g/mol. The van der Waals surface area contributed by atoms with Crippen molar-refractivity contribution in [3.8, 4) is 11.1 Å². The van der Waals surface area contributed by atoms with Crippen molar-refractivity contribution in [3.05, 3.63) is 53.2 Å². The van der Waals surface area contributed by atoms with E-state index >= 15 is 0 Å². The normalized spacial score (nSPS) is 15.3. The standard InChI is InChI=1S/C16H13ClFN3/c17-14-13(10-4-6-12(18)7-5-10)8-9-21-16(14)19-15(20-21)11-2-1-3-11/h4-9,11H,1-3H2. The van der Waals surface area contributed by atoms with E-state index in [1.165, 1.54) is 18.6 Å². The summed E-state index contributed by atoms with van der Waals surface area (Å²) in [5.74, 6) is 1.08. The van der Waals surface area contributed by atoms with Crippen LogP contribution in [-0.2, 0) is 0 Å². The van der Waals surface area contributed by atoms with Gasteiger partial charge in [-0.05, 0) is 36.6 Å². The molecule has 2 aromatic heterocycles. The number of hydrogen-bond donors (Lipinski definition) is 0. The maximum Gasteiger partial charge on any atom is 0.174 e. The predicted molar refractivity (Wildman–Crippen MR) is 80.0 cm³/mol. The highest BCUT2D eigenvalue weighted by Gasteiger charge is 2.24. The van der Waals surface area contributed by atoms with E-state index < -0.39 is 0 Å². The smallest absolute Gasteiger partial charge is 0.174 e. The summed E-state index contributed by atoms with van der Waals surface area (Å²) in [7, 11) is 0. The molecular weight excluding hydrogens is 289 g/mol. The summed E-state index contributed by atoms with van der Waals surface area (Å²) < 4.78 is 14.8. The first-order chi connectivity index (χ1) is 10.2. The fourth-order valence-electron chi connectivity index (χ4n) is 2.62. The first kappa shape index (κ1) is 12.8. The van der Waals surface area contributed by atoms with Gasteiger partial charge in [0.25, 0.3) is 0 Å². The van der Waals surface area contributed by atoms with Gasteiger partial charge in [0.05, 0.1) is 5.02 Å². The summed E-state index contributed by atoms with van der Waals surface area (Å²) in [4.78, 5) is 4.58. The highest BCUT2D eigenvalue weighted by Crippen LogP contribution is 2.36. The summed E-state index contributed by atoms with van der Waals surface area (Å²) in [6, 6.07) is 8.19. The molecule has 21 heavy (non-hydrogen) atoms.